The molecule has 1 saturated heterocycles. The molecule has 2 fully saturated rings. The van der Waals surface area contributed by atoms with Gasteiger partial charge in [0.1, 0.15) is 0 Å². The van der Waals surface area contributed by atoms with Crippen molar-refractivity contribution < 1.29 is 18.0 Å². The lowest BCUT2D eigenvalue weighted by Gasteiger charge is -2.39. The zero-order chi connectivity index (χ0) is 14.3. The van der Waals surface area contributed by atoms with Gasteiger partial charge in [0.15, 0.2) is 0 Å². The fourth-order valence-electron chi connectivity index (χ4n) is 3.25. The summed E-state index contributed by atoms with van der Waals surface area (Å²) >= 11 is 0. The number of likely N-dealkylation sites (tertiary alicyclic amines) is 1. The van der Waals surface area contributed by atoms with Gasteiger partial charge in [-0.15, -0.1) is 0 Å². The Morgan fingerprint density at radius 1 is 1.32 bits per heavy atom. The van der Waals surface area contributed by atoms with Gasteiger partial charge in [0.25, 0.3) is 0 Å². The lowest BCUT2D eigenvalue weighted by Crippen LogP contribution is -2.53. The molecule has 1 aliphatic carbocycles. The van der Waals surface area contributed by atoms with E-state index in [0.29, 0.717) is 19.4 Å². The van der Waals surface area contributed by atoms with Crippen molar-refractivity contribution in [1.82, 2.24) is 4.90 Å². The van der Waals surface area contributed by atoms with E-state index < -0.39 is 17.5 Å². The minimum Gasteiger partial charge on any atom is -0.342 e. The fraction of sp³-hybridized carbons (Fsp3) is 0.923. The predicted molar refractivity (Wildman–Crippen MR) is 65.3 cm³/mol. The zero-order valence-electron chi connectivity index (χ0n) is 11.2. The molecule has 6 heteroatoms. The Morgan fingerprint density at radius 2 is 2.00 bits per heavy atom. The second-order valence-electron chi connectivity index (χ2n) is 6.05. The van der Waals surface area contributed by atoms with Crippen LogP contribution in [0, 0.1) is 11.3 Å². The van der Waals surface area contributed by atoms with Crippen molar-refractivity contribution in [2.24, 2.45) is 17.1 Å². The number of carbonyl (C=O) groups excluding carboxylic acids is 1. The highest BCUT2D eigenvalue weighted by Crippen LogP contribution is 2.40. The highest BCUT2D eigenvalue weighted by molar-refractivity contribution is 5.83. The van der Waals surface area contributed by atoms with Crippen LogP contribution >= 0.6 is 0 Å². The third-order valence-corrected chi connectivity index (χ3v) is 4.69. The molecule has 3 nitrogen and oxygen atoms in total. The van der Waals surface area contributed by atoms with Crippen molar-refractivity contribution in [3.63, 3.8) is 0 Å². The standard InChI is InChI=1S/C13H21F3N2O/c1-12(6-2-5-10(12)17)11(19)18-7-3-4-9(8-18)13(14,15)16/h9-10H,2-8,17H2,1H3. The van der Waals surface area contributed by atoms with Gasteiger partial charge in [0, 0.05) is 19.1 Å². The third-order valence-electron chi connectivity index (χ3n) is 4.69. The van der Waals surface area contributed by atoms with Gasteiger partial charge in [-0.05, 0) is 32.6 Å². The van der Waals surface area contributed by atoms with E-state index in [9.17, 15) is 18.0 Å². The van der Waals surface area contributed by atoms with Crippen molar-refractivity contribution in [3.05, 3.63) is 0 Å². The number of alkyl halides is 3. The van der Waals surface area contributed by atoms with Crippen molar-refractivity contribution in [3.8, 4) is 0 Å². The average molecular weight is 278 g/mol. The Balaban J connectivity index is 2.07. The molecule has 3 atom stereocenters. The van der Waals surface area contributed by atoms with Crippen molar-refractivity contribution in [1.29, 1.82) is 0 Å². The molecule has 2 N–H and O–H groups in total. The second-order valence-corrected chi connectivity index (χ2v) is 6.05. The van der Waals surface area contributed by atoms with Crippen LogP contribution in [0.25, 0.3) is 0 Å². The molecule has 0 aromatic heterocycles. The first-order valence-corrected chi connectivity index (χ1v) is 6.87. The van der Waals surface area contributed by atoms with Gasteiger partial charge in [-0.25, -0.2) is 0 Å². The first-order chi connectivity index (χ1) is 8.75. The number of amides is 1. The molecule has 1 heterocycles. The molecule has 0 radical (unpaired) electrons. The molecule has 110 valence electrons. The normalized spacial score (nSPS) is 36.6. The van der Waals surface area contributed by atoms with E-state index in [0.717, 1.165) is 12.8 Å². The van der Waals surface area contributed by atoms with E-state index >= 15 is 0 Å². The van der Waals surface area contributed by atoms with Gasteiger partial charge >= 0.3 is 6.18 Å². The molecule has 1 aliphatic heterocycles. The number of hydrogen-bond donors (Lipinski definition) is 1. The van der Waals surface area contributed by atoms with Crippen LogP contribution in [0.2, 0.25) is 0 Å². The van der Waals surface area contributed by atoms with Gasteiger partial charge < -0.3 is 10.6 Å². The minimum absolute atomic E-state index is 0.121. The van der Waals surface area contributed by atoms with E-state index in [2.05, 4.69) is 0 Å². The summed E-state index contributed by atoms with van der Waals surface area (Å²) in [6.45, 7) is 2.02. The lowest BCUT2D eigenvalue weighted by molar-refractivity contribution is -0.189. The molecule has 2 aliphatic rings. The summed E-state index contributed by atoms with van der Waals surface area (Å²) in [6.07, 6.45) is -1.34. The van der Waals surface area contributed by atoms with E-state index in [-0.39, 0.29) is 24.9 Å². The van der Waals surface area contributed by atoms with Crippen LogP contribution in [0.1, 0.15) is 39.0 Å². The van der Waals surface area contributed by atoms with Crippen LogP contribution in [-0.4, -0.2) is 36.1 Å². The number of halogens is 3. The van der Waals surface area contributed by atoms with E-state index in [1.807, 2.05) is 0 Å². The Morgan fingerprint density at radius 3 is 2.53 bits per heavy atom. The van der Waals surface area contributed by atoms with Crippen LogP contribution in [0.5, 0.6) is 0 Å². The minimum atomic E-state index is -4.21. The van der Waals surface area contributed by atoms with Crippen LogP contribution in [0.3, 0.4) is 0 Å². The van der Waals surface area contributed by atoms with Crippen LogP contribution in [-0.2, 0) is 4.79 Å². The summed E-state index contributed by atoms with van der Waals surface area (Å²) < 4.78 is 38.3. The Bertz CT molecular complexity index is 358. The first-order valence-electron chi connectivity index (χ1n) is 6.87. The number of piperidine rings is 1. The number of nitrogens with zero attached hydrogens (tertiary/aromatic N) is 1. The fourth-order valence-corrected chi connectivity index (χ4v) is 3.25. The molecule has 19 heavy (non-hydrogen) atoms. The predicted octanol–water partition coefficient (Wildman–Crippen LogP) is 2.30. The number of carbonyl (C=O) groups is 1. The summed E-state index contributed by atoms with van der Waals surface area (Å²) in [5.74, 6) is -1.57. The molecule has 3 unspecified atom stereocenters. The quantitative estimate of drug-likeness (QED) is 0.800. The molecular formula is C13H21F3N2O. The zero-order valence-corrected chi connectivity index (χ0v) is 11.2. The number of rotatable bonds is 1. The highest BCUT2D eigenvalue weighted by atomic mass is 19.4. The van der Waals surface area contributed by atoms with E-state index in [1.165, 1.54) is 4.90 Å². The van der Waals surface area contributed by atoms with Crippen molar-refractivity contribution >= 4 is 5.91 Å². The van der Waals surface area contributed by atoms with Gasteiger partial charge in [-0.1, -0.05) is 6.42 Å². The Hall–Kier alpha value is -0.780. The van der Waals surface area contributed by atoms with Crippen LogP contribution in [0.4, 0.5) is 13.2 Å². The summed E-state index contributed by atoms with van der Waals surface area (Å²) in [6, 6.07) is -0.230. The smallest absolute Gasteiger partial charge is 0.342 e. The second kappa shape index (κ2) is 4.96. The number of hydrogen-bond acceptors (Lipinski definition) is 2. The summed E-state index contributed by atoms with van der Waals surface area (Å²) in [5.41, 5.74) is 5.30. The summed E-state index contributed by atoms with van der Waals surface area (Å²) in [7, 11) is 0. The molecule has 1 amide bonds. The van der Waals surface area contributed by atoms with Crippen LogP contribution < -0.4 is 5.73 Å². The molecule has 0 aromatic carbocycles. The topological polar surface area (TPSA) is 46.3 Å². The maximum absolute atomic E-state index is 12.8. The monoisotopic (exact) mass is 278 g/mol. The van der Waals surface area contributed by atoms with Crippen molar-refractivity contribution in [2.45, 2.75) is 51.2 Å². The van der Waals surface area contributed by atoms with Gasteiger partial charge in [-0.2, -0.15) is 13.2 Å². The lowest BCUT2D eigenvalue weighted by atomic mass is 9.82. The SMILES string of the molecule is CC1(C(=O)N2CCCC(C(F)(F)F)C2)CCCC1N. The Labute approximate surface area is 111 Å². The maximum Gasteiger partial charge on any atom is 0.393 e. The van der Waals surface area contributed by atoms with Gasteiger partial charge in [0.05, 0.1) is 11.3 Å². The van der Waals surface area contributed by atoms with Crippen molar-refractivity contribution in [2.75, 3.05) is 13.1 Å². The average Bonchev–Trinajstić information content (AvgIpc) is 2.69. The molecule has 0 spiro atoms. The largest absolute Gasteiger partial charge is 0.393 e. The molecule has 1 saturated carbocycles. The summed E-state index contributed by atoms with van der Waals surface area (Å²) in [5, 5.41) is 0. The van der Waals surface area contributed by atoms with Crippen LogP contribution in [0.15, 0.2) is 0 Å². The number of nitrogens with two attached hydrogens (primary N) is 1. The van der Waals surface area contributed by atoms with E-state index in [1.54, 1.807) is 6.92 Å². The maximum atomic E-state index is 12.8. The summed E-state index contributed by atoms with van der Waals surface area (Å²) in [4.78, 5) is 13.9. The Kier molecular flexibility index (Phi) is 3.82. The first kappa shape index (κ1) is 14.6. The van der Waals surface area contributed by atoms with Gasteiger partial charge in [0.2, 0.25) is 5.91 Å². The van der Waals surface area contributed by atoms with E-state index in [4.69, 9.17) is 5.73 Å². The van der Waals surface area contributed by atoms with Gasteiger partial charge in [-0.3, -0.25) is 4.79 Å². The molecular weight excluding hydrogens is 257 g/mol. The third kappa shape index (κ3) is 2.73. The molecule has 0 aromatic rings. The highest BCUT2D eigenvalue weighted by Gasteiger charge is 2.48. The molecule has 2 rings (SSSR count). The molecule has 0 bridgehead atoms.